The van der Waals surface area contributed by atoms with Crippen LogP contribution >= 0.6 is 7.26 Å². The van der Waals surface area contributed by atoms with Gasteiger partial charge in [0, 0.05) is 7.26 Å². The fraction of sp³-hybridized carbons (Fsp3) is 0.938. The molecule has 0 aromatic carbocycles. The molecule has 4 heteroatoms. The number of hydrogen-bond donors (Lipinski definition) is 0. The molecule has 0 aliphatic rings. The fourth-order valence-corrected chi connectivity index (χ4v) is 6.87. The molecule has 0 spiro atoms. The summed E-state index contributed by atoms with van der Waals surface area (Å²) in [4.78, 5) is 8.88. The summed E-state index contributed by atoms with van der Waals surface area (Å²) in [5, 5.41) is 8.88. The van der Waals surface area contributed by atoms with E-state index in [1.807, 2.05) is 0 Å². The Morgan fingerprint density at radius 3 is 1.35 bits per heavy atom. The van der Waals surface area contributed by atoms with Crippen molar-refractivity contribution < 1.29 is 14.3 Å². The summed E-state index contributed by atoms with van der Waals surface area (Å²) in [7, 11) is -0.527. The molecule has 0 heterocycles. The quantitative estimate of drug-likeness (QED) is 0.538. The van der Waals surface area contributed by atoms with E-state index < -0.39 is 19.9 Å². The molecule has 0 fully saturated rings. The van der Waals surface area contributed by atoms with E-state index in [4.69, 9.17) is 9.90 Å². The second-order valence-electron chi connectivity index (χ2n) is 5.39. The highest BCUT2D eigenvalue weighted by Gasteiger charge is 2.32. The number of alkyl halides is 1. The molecule has 0 rings (SSSR count). The zero-order valence-electron chi connectivity index (χ0n) is 13.9. The third-order valence-corrected chi connectivity index (χ3v) is 8.87. The van der Waals surface area contributed by atoms with E-state index in [1.54, 1.807) is 18.5 Å². The van der Waals surface area contributed by atoms with Crippen LogP contribution in [0.3, 0.4) is 0 Å². The third-order valence-electron chi connectivity index (χ3n) is 3.74. The minimum absolute atomic E-state index is 0.527. The third kappa shape index (κ3) is 12.8. The van der Waals surface area contributed by atoms with E-state index >= 15 is 0 Å². The van der Waals surface area contributed by atoms with Crippen LogP contribution in [0.4, 0.5) is 4.39 Å². The normalized spacial score (nSPS) is 10.8. The van der Waals surface area contributed by atoms with Gasteiger partial charge in [-0.25, -0.2) is 4.39 Å². The Morgan fingerprint density at radius 2 is 1.20 bits per heavy atom. The number of unbranched alkanes of at least 4 members (excludes halogenated alkanes) is 3. The summed E-state index contributed by atoms with van der Waals surface area (Å²) in [6.07, 6.45) is 14.9. The minimum Gasteiger partial charge on any atom is -0.547 e. The molecule has 0 aromatic heterocycles. The molecule has 0 saturated carbocycles. The lowest BCUT2D eigenvalue weighted by Crippen LogP contribution is -2.23. The van der Waals surface area contributed by atoms with Crippen molar-refractivity contribution in [2.24, 2.45) is 0 Å². The Bertz CT molecular complexity index is 201. The molecule has 0 atom stereocenters. The molecule has 0 amide bonds. The van der Waals surface area contributed by atoms with Crippen molar-refractivity contribution in [3.8, 4) is 0 Å². The Balaban J connectivity index is 0. The molecule has 0 bridgehead atoms. The highest BCUT2D eigenvalue weighted by atomic mass is 31.2. The van der Waals surface area contributed by atoms with Gasteiger partial charge in [0.05, 0.1) is 30.6 Å². The lowest BCUT2D eigenvalue weighted by molar-refractivity contribution is -0.306. The topological polar surface area (TPSA) is 40.1 Å². The summed E-state index contributed by atoms with van der Waals surface area (Å²) in [5.41, 5.74) is 0. The lowest BCUT2D eigenvalue weighted by Gasteiger charge is -2.26. The van der Waals surface area contributed by atoms with Crippen LogP contribution in [0.25, 0.3) is 0 Å². The van der Waals surface area contributed by atoms with Gasteiger partial charge in [0.2, 0.25) is 0 Å². The van der Waals surface area contributed by atoms with Crippen LogP contribution in [0.1, 0.15) is 66.2 Å². The maximum Gasteiger partial charge on any atom is 0.129 e. The molecule has 0 saturated heterocycles. The van der Waals surface area contributed by atoms with Crippen LogP contribution in [-0.2, 0) is 4.79 Å². The largest absolute Gasteiger partial charge is 0.547 e. The van der Waals surface area contributed by atoms with Crippen molar-refractivity contribution in [2.45, 2.75) is 66.2 Å². The summed E-state index contributed by atoms with van der Waals surface area (Å²) in [6, 6.07) is 0. The van der Waals surface area contributed by atoms with Gasteiger partial charge in [-0.05, 0) is 26.2 Å². The number of carbonyl (C=O) groups is 1. The molecule has 0 aliphatic heterocycles. The van der Waals surface area contributed by atoms with E-state index in [0.717, 1.165) is 0 Å². The van der Waals surface area contributed by atoms with Gasteiger partial charge in [0.1, 0.15) is 6.67 Å². The number of carboxylic acids is 1. The first-order chi connectivity index (χ1) is 9.51. The molecule has 2 nitrogen and oxygen atoms in total. The summed E-state index contributed by atoms with van der Waals surface area (Å²) < 4.78 is 10.5. The number of hydrogen-bond acceptors (Lipinski definition) is 2. The Morgan fingerprint density at radius 1 is 0.900 bits per heavy atom. The Kier molecular flexibility index (Phi) is 16.8. The Hall–Kier alpha value is -0.170. The molecule has 0 unspecified atom stereocenters. The number of aliphatic carboxylic acids is 1. The molecule has 0 aliphatic carbocycles. The number of rotatable bonds is 11. The molecule has 122 valence electrons. The van der Waals surface area contributed by atoms with Crippen LogP contribution in [0.5, 0.6) is 0 Å². The van der Waals surface area contributed by atoms with E-state index in [-0.39, 0.29) is 0 Å². The van der Waals surface area contributed by atoms with Crippen LogP contribution in [0, 0.1) is 0 Å². The minimum atomic E-state index is -1.66. The average Bonchev–Trinajstić information content (AvgIpc) is 2.47. The van der Waals surface area contributed by atoms with Crippen molar-refractivity contribution in [3.63, 3.8) is 0 Å². The van der Waals surface area contributed by atoms with Crippen molar-refractivity contribution >= 4 is 13.2 Å². The summed E-state index contributed by atoms with van der Waals surface area (Å²) in [6.45, 7) is 8.08. The number of halogens is 1. The predicted octanol–water partition coefficient (Wildman–Crippen LogP) is 4.13. The van der Waals surface area contributed by atoms with Crippen LogP contribution in [0.15, 0.2) is 0 Å². The van der Waals surface area contributed by atoms with Crippen LogP contribution in [-0.4, -0.2) is 37.3 Å². The van der Waals surface area contributed by atoms with Crippen molar-refractivity contribution in [3.05, 3.63) is 0 Å². The van der Waals surface area contributed by atoms with Gasteiger partial charge in [-0.3, -0.25) is 0 Å². The molecule has 20 heavy (non-hydrogen) atoms. The van der Waals surface area contributed by atoms with E-state index in [0.29, 0.717) is 0 Å². The van der Waals surface area contributed by atoms with Gasteiger partial charge in [-0.2, -0.15) is 0 Å². The molecule has 0 aromatic rings. The average molecular weight is 308 g/mol. The molecular weight excluding hydrogens is 274 g/mol. The first kappa shape index (κ1) is 22.1. The SMILES string of the molecule is CCCC[P+](CC)(CCCC)CCCC.O=C([O-])CF. The summed E-state index contributed by atoms with van der Waals surface area (Å²) >= 11 is 0. The Labute approximate surface area is 125 Å². The predicted molar refractivity (Wildman–Crippen MR) is 87.8 cm³/mol. The second kappa shape index (κ2) is 15.2. The van der Waals surface area contributed by atoms with Crippen molar-refractivity contribution in [1.82, 2.24) is 0 Å². The van der Waals surface area contributed by atoms with Gasteiger partial charge in [-0.15, -0.1) is 0 Å². The molecular formula is C16H34FO2P. The van der Waals surface area contributed by atoms with E-state index in [9.17, 15) is 4.39 Å². The van der Waals surface area contributed by atoms with Crippen molar-refractivity contribution in [1.29, 1.82) is 0 Å². The highest BCUT2D eigenvalue weighted by Crippen LogP contribution is 2.60. The van der Waals surface area contributed by atoms with Crippen molar-refractivity contribution in [2.75, 3.05) is 31.3 Å². The lowest BCUT2D eigenvalue weighted by atomic mass is 10.4. The number of carbonyl (C=O) groups excluding carboxylic acids is 1. The fourth-order valence-electron chi connectivity index (χ4n) is 2.29. The second-order valence-corrected chi connectivity index (χ2v) is 10.1. The zero-order chi connectivity index (χ0) is 15.9. The highest BCUT2D eigenvalue weighted by molar-refractivity contribution is 7.75. The molecule has 0 radical (unpaired) electrons. The van der Waals surface area contributed by atoms with Crippen LogP contribution in [0.2, 0.25) is 0 Å². The molecule has 0 N–H and O–H groups in total. The van der Waals surface area contributed by atoms with Gasteiger partial charge in [0.25, 0.3) is 0 Å². The standard InChI is InChI=1S/C14H32P.C2H3FO2/c1-5-9-12-15(8-4,13-10-6-2)14-11-7-3;3-1-2(4)5/h5-14H2,1-4H3;1H2,(H,4,5)/q+1;/p-1. The monoisotopic (exact) mass is 308 g/mol. The van der Waals surface area contributed by atoms with Crippen LogP contribution < -0.4 is 5.11 Å². The van der Waals surface area contributed by atoms with Gasteiger partial charge in [0.15, 0.2) is 0 Å². The van der Waals surface area contributed by atoms with E-state index in [1.165, 1.54) is 44.7 Å². The summed E-state index contributed by atoms with van der Waals surface area (Å²) in [5.74, 6) is -1.66. The zero-order valence-corrected chi connectivity index (χ0v) is 14.8. The maximum atomic E-state index is 10.5. The van der Waals surface area contributed by atoms with E-state index in [2.05, 4.69) is 27.7 Å². The maximum absolute atomic E-state index is 10.5. The smallest absolute Gasteiger partial charge is 0.129 e. The van der Waals surface area contributed by atoms with Gasteiger partial charge < -0.3 is 9.90 Å². The number of carboxylic acid groups (broad SMARTS) is 1. The van der Waals surface area contributed by atoms with Gasteiger partial charge in [-0.1, -0.05) is 40.0 Å². The first-order valence-electron chi connectivity index (χ1n) is 8.12. The first-order valence-corrected chi connectivity index (χ1v) is 10.7. The van der Waals surface area contributed by atoms with Gasteiger partial charge >= 0.3 is 0 Å².